The summed E-state index contributed by atoms with van der Waals surface area (Å²) in [6, 6.07) is 7.52. The number of nitrogens with zero attached hydrogens (tertiary/aromatic N) is 1. The van der Waals surface area contributed by atoms with Crippen LogP contribution in [-0.4, -0.2) is 5.71 Å². The van der Waals surface area contributed by atoms with Gasteiger partial charge >= 0.3 is 0 Å². The molecule has 12 heavy (non-hydrogen) atoms. The van der Waals surface area contributed by atoms with Gasteiger partial charge in [0.2, 0.25) is 0 Å². The first-order valence-corrected chi connectivity index (χ1v) is 3.71. The third-order valence-corrected chi connectivity index (χ3v) is 1.64. The average molecular weight is 158 g/mol. The van der Waals surface area contributed by atoms with Crippen molar-refractivity contribution in [3.8, 4) is 6.07 Å². The smallest absolute Gasteiger partial charge is 0.0991 e. The van der Waals surface area contributed by atoms with Crippen molar-refractivity contribution < 1.29 is 0 Å². The van der Waals surface area contributed by atoms with Gasteiger partial charge in [0.15, 0.2) is 0 Å². The predicted octanol–water partition coefficient (Wildman–Crippen LogP) is 2.25. The normalized spacial score (nSPS) is 9.08. The Hall–Kier alpha value is -1.62. The van der Waals surface area contributed by atoms with Gasteiger partial charge in [-0.3, -0.25) is 0 Å². The van der Waals surface area contributed by atoms with Crippen molar-refractivity contribution >= 4 is 5.71 Å². The van der Waals surface area contributed by atoms with Gasteiger partial charge in [-0.15, -0.1) is 0 Å². The molecule has 0 bridgehead atoms. The Morgan fingerprint density at radius 2 is 2.08 bits per heavy atom. The zero-order valence-electron chi connectivity index (χ0n) is 7.18. The van der Waals surface area contributed by atoms with Crippen molar-refractivity contribution in [2.45, 2.75) is 13.8 Å². The summed E-state index contributed by atoms with van der Waals surface area (Å²) in [7, 11) is 0. The maximum atomic E-state index is 8.65. The molecule has 0 fully saturated rings. The van der Waals surface area contributed by atoms with Gasteiger partial charge in [0.1, 0.15) is 0 Å². The summed E-state index contributed by atoms with van der Waals surface area (Å²) in [5.41, 5.74) is 2.97. The summed E-state index contributed by atoms with van der Waals surface area (Å²) in [6.07, 6.45) is 0. The molecule has 0 aliphatic heterocycles. The second-order valence-electron chi connectivity index (χ2n) is 2.82. The van der Waals surface area contributed by atoms with Crippen LogP contribution in [0.15, 0.2) is 18.2 Å². The van der Waals surface area contributed by atoms with Crippen molar-refractivity contribution in [2.75, 3.05) is 0 Å². The lowest BCUT2D eigenvalue weighted by Crippen LogP contribution is -1.93. The van der Waals surface area contributed by atoms with E-state index in [0.717, 1.165) is 11.1 Å². The fourth-order valence-corrected chi connectivity index (χ4v) is 1.06. The van der Waals surface area contributed by atoms with Gasteiger partial charge in [0.25, 0.3) is 0 Å². The van der Waals surface area contributed by atoms with E-state index in [-0.39, 0.29) is 0 Å². The van der Waals surface area contributed by atoms with Gasteiger partial charge in [-0.05, 0) is 37.1 Å². The highest BCUT2D eigenvalue weighted by atomic mass is 14.4. The van der Waals surface area contributed by atoms with E-state index in [4.69, 9.17) is 10.7 Å². The zero-order chi connectivity index (χ0) is 9.14. The quantitative estimate of drug-likeness (QED) is 0.626. The Morgan fingerprint density at radius 3 is 2.58 bits per heavy atom. The summed E-state index contributed by atoms with van der Waals surface area (Å²) in [5, 5.41) is 16.0. The van der Waals surface area contributed by atoms with E-state index in [2.05, 4.69) is 6.07 Å². The molecule has 0 aliphatic rings. The predicted molar refractivity (Wildman–Crippen MR) is 48.4 cm³/mol. The Balaban J connectivity index is 3.26. The molecule has 0 aliphatic carbocycles. The van der Waals surface area contributed by atoms with E-state index in [1.165, 1.54) is 0 Å². The van der Waals surface area contributed by atoms with E-state index in [9.17, 15) is 0 Å². The molecule has 1 aromatic carbocycles. The number of aryl methyl sites for hydroxylation is 1. The van der Waals surface area contributed by atoms with Gasteiger partial charge in [-0.2, -0.15) is 5.26 Å². The molecule has 1 N–H and O–H groups in total. The molecule has 1 aromatic rings. The number of hydrogen-bond donors (Lipinski definition) is 1. The topological polar surface area (TPSA) is 47.6 Å². The standard InChI is InChI=1S/C10H10N2/c1-7-3-9(6-11)5-10(4-7)8(2)12/h3-5,12H,1-2H3. The summed E-state index contributed by atoms with van der Waals surface area (Å²) in [4.78, 5) is 0. The molecule has 0 heterocycles. The lowest BCUT2D eigenvalue weighted by atomic mass is 10.0. The monoisotopic (exact) mass is 158 g/mol. The molecule has 0 spiro atoms. The number of rotatable bonds is 1. The molecule has 60 valence electrons. The number of hydrogen-bond acceptors (Lipinski definition) is 2. The molecule has 0 aromatic heterocycles. The maximum Gasteiger partial charge on any atom is 0.0991 e. The van der Waals surface area contributed by atoms with Crippen molar-refractivity contribution in [1.82, 2.24) is 0 Å². The fraction of sp³-hybridized carbons (Fsp3) is 0.200. The highest BCUT2D eigenvalue weighted by molar-refractivity contribution is 5.96. The van der Waals surface area contributed by atoms with Crippen LogP contribution in [0.4, 0.5) is 0 Å². The largest absolute Gasteiger partial charge is 0.305 e. The van der Waals surface area contributed by atoms with E-state index >= 15 is 0 Å². The zero-order valence-corrected chi connectivity index (χ0v) is 7.18. The Kier molecular flexibility index (Phi) is 2.25. The Bertz CT molecular complexity index is 359. The molecule has 0 atom stereocenters. The van der Waals surface area contributed by atoms with Crippen LogP contribution in [0.5, 0.6) is 0 Å². The molecule has 0 saturated carbocycles. The van der Waals surface area contributed by atoms with Crippen LogP contribution in [0.3, 0.4) is 0 Å². The average Bonchev–Trinajstić information content (AvgIpc) is 2.03. The van der Waals surface area contributed by atoms with Crippen molar-refractivity contribution in [3.63, 3.8) is 0 Å². The van der Waals surface area contributed by atoms with Crippen molar-refractivity contribution in [1.29, 1.82) is 10.7 Å². The van der Waals surface area contributed by atoms with Gasteiger partial charge < -0.3 is 5.41 Å². The molecule has 0 unspecified atom stereocenters. The van der Waals surface area contributed by atoms with E-state index in [1.807, 2.05) is 19.1 Å². The number of nitriles is 1. The highest BCUT2D eigenvalue weighted by Gasteiger charge is 1.98. The lowest BCUT2D eigenvalue weighted by molar-refractivity contribution is 1.38. The molecule has 0 amide bonds. The first-order chi connectivity index (χ1) is 5.63. The first kappa shape index (κ1) is 8.48. The van der Waals surface area contributed by atoms with Gasteiger partial charge in [0, 0.05) is 5.71 Å². The summed E-state index contributed by atoms with van der Waals surface area (Å²) in [6.45, 7) is 3.64. The highest BCUT2D eigenvalue weighted by Crippen LogP contribution is 2.09. The van der Waals surface area contributed by atoms with E-state index in [1.54, 1.807) is 13.0 Å². The van der Waals surface area contributed by atoms with Gasteiger partial charge in [0.05, 0.1) is 11.6 Å². The number of nitrogens with one attached hydrogen (secondary N) is 1. The summed E-state index contributed by atoms with van der Waals surface area (Å²) >= 11 is 0. The van der Waals surface area contributed by atoms with Crippen LogP contribution in [0.1, 0.15) is 23.6 Å². The fourth-order valence-electron chi connectivity index (χ4n) is 1.06. The summed E-state index contributed by atoms with van der Waals surface area (Å²) in [5.74, 6) is 0. The maximum absolute atomic E-state index is 8.65. The van der Waals surface area contributed by atoms with Crippen LogP contribution >= 0.6 is 0 Å². The first-order valence-electron chi connectivity index (χ1n) is 3.71. The lowest BCUT2D eigenvalue weighted by Gasteiger charge is -2.00. The third-order valence-electron chi connectivity index (χ3n) is 1.64. The molecular weight excluding hydrogens is 148 g/mol. The minimum atomic E-state index is 0.496. The van der Waals surface area contributed by atoms with Crippen LogP contribution in [0.25, 0.3) is 0 Å². The molecule has 0 saturated heterocycles. The van der Waals surface area contributed by atoms with Crippen molar-refractivity contribution in [2.24, 2.45) is 0 Å². The second kappa shape index (κ2) is 3.19. The molecule has 2 nitrogen and oxygen atoms in total. The Labute approximate surface area is 72.0 Å². The van der Waals surface area contributed by atoms with Crippen LogP contribution in [0.2, 0.25) is 0 Å². The Morgan fingerprint density at radius 1 is 1.42 bits per heavy atom. The molecule has 0 radical (unpaired) electrons. The van der Waals surface area contributed by atoms with Gasteiger partial charge in [-0.1, -0.05) is 6.07 Å². The molecule has 2 heteroatoms. The van der Waals surface area contributed by atoms with Gasteiger partial charge in [-0.25, -0.2) is 0 Å². The molecular formula is C10H10N2. The number of benzene rings is 1. The molecule has 1 rings (SSSR count). The van der Waals surface area contributed by atoms with Crippen LogP contribution in [-0.2, 0) is 0 Å². The minimum absolute atomic E-state index is 0.496. The van der Waals surface area contributed by atoms with Crippen molar-refractivity contribution in [3.05, 3.63) is 34.9 Å². The second-order valence-corrected chi connectivity index (χ2v) is 2.82. The summed E-state index contributed by atoms with van der Waals surface area (Å²) < 4.78 is 0. The third kappa shape index (κ3) is 1.70. The van der Waals surface area contributed by atoms with Crippen LogP contribution < -0.4 is 0 Å². The van der Waals surface area contributed by atoms with E-state index < -0.39 is 0 Å². The van der Waals surface area contributed by atoms with E-state index in [0.29, 0.717) is 11.3 Å². The minimum Gasteiger partial charge on any atom is -0.305 e. The SMILES string of the molecule is CC(=N)c1cc(C)cc(C#N)c1. The van der Waals surface area contributed by atoms with Crippen LogP contribution in [0, 0.1) is 23.7 Å².